The molecule has 1 N–H and O–H groups in total. The van der Waals surface area contributed by atoms with Crippen LogP contribution in [-0.4, -0.2) is 29.6 Å². The van der Waals surface area contributed by atoms with Crippen LogP contribution in [-0.2, 0) is 12.0 Å². The van der Waals surface area contributed by atoms with Crippen LogP contribution in [0.3, 0.4) is 0 Å². The zero-order valence-electron chi connectivity index (χ0n) is 14.5. The number of hydrogen-bond acceptors (Lipinski definition) is 2. The highest BCUT2D eigenvalue weighted by atomic mass is 35.5. The molecule has 25 heavy (non-hydrogen) atoms. The fourth-order valence-corrected chi connectivity index (χ4v) is 3.76. The number of piperidine rings is 1. The lowest BCUT2D eigenvalue weighted by Gasteiger charge is -2.33. The number of benzene rings is 2. The van der Waals surface area contributed by atoms with Crippen LogP contribution in [0.15, 0.2) is 54.6 Å². The molecule has 1 heterocycles. The van der Waals surface area contributed by atoms with Crippen molar-refractivity contribution in [3.63, 3.8) is 0 Å². The van der Waals surface area contributed by atoms with E-state index >= 15 is 0 Å². The fraction of sp³-hybridized carbons (Fsp3) is 0.429. The summed E-state index contributed by atoms with van der Waals surface area (Å²) >= 11 is 6.18. The quantitative estimate of drug-likeness (QED) is 0.757. The van der Waals surface area contributed by atoms with Crippen molar-refractivity contribution >= 4 is 24.0 Å². The van der Waals surface area contributed by atoms with Gasteiger partial charge < -0.3 is 10.0 Å². The number of nitrogens with zero attached hydrogens (tertiary/aromatic N) is 1. The molecular formula is C21H27Cl2NO. The summed E-state index contributed by atoms with van der Waals surface area (Å²) in [6, 6.07) is 17.9. The molecule has 1 atom stereocenters. The molecule has 1 saturated heterocycles. The van der Waals surface area contributed by atoms with Crippen LogP contribution in [0.4, 0.5) is 0 Å². The Labute approximate surface area is 162 Å². The van der Waals surface area contributed by atoms with Crippen LogP contribution in [0, 0.1) is 0 Å². The van der Waals surface area contributed by atoms with Gasteiger partial charge in [0, 0.05) is 18.0 Å². The first-order valence-corrected chi connectivity index (χ1v) is 9.28. The second-order valence-corrected chi connectivity index (χ2v) is 7.29. The minimum Gasteiger partial charge on any atom is -0.385 e. The molecular weight excluding hydrogens is 353 g/mol. The zero-order valence-corrected chi connectivity index (χ0v) is 16.1. The minimum absolute atomic E-state index is 0. The summed E-state index contributed by atoms with van der Waals surface area (Å²) in [6.45, 7) is 3.23. The third-order valence-electron chi connectivity index (χ3n) is 4.99. The SMILES string of the molecule is Cl.OC(CCN1CCCCC1)(Cc1ccccc1)c1cccc(Cl)c1. The van der Waals surface area contributed by atoms with E-state index in [0.717, 1.165) is 37.2 Å². The van der Waals surface area contributed by atoms with Gasteiger partial charge >= 0.3 is 0 Å². The number of rotatable bonds is 6. The molecule has 0 amide bonds. The van der Waals surface area contributed by atoms with Gasteiger partial charge in [-0.1, -0.05) is 60.5 Å². The Morgan fingerprint density at radius 1 is 0.960 bits per heavy atom. The summed E-state index contributed by atoms with van der Waals surface area (Å²) in [5, 5.41) is 12.2. The maximum absolute atomic E-state index is 11.5. The highest BCUT2D eigenvalue weighted by Gasteiger charge is 2.30. The van der Waals surface area contributed by atoms with E-state index in [1.165, 1.54) is 19.3 Å². The van der Waals surface area contributed by atoms with Crippen molar-refractivity contribution in [3.8, 4) is 0 Å². The van der Waals surface area contributed by atoms with Gasteiger partial charge in [-0.05, 0) is 55.6 Å². The van der Waals surface area contributed by atoms with Gasteiger partial charge in [-0.2, -0.15) is 0 Å². The van der Waals surface area contributed by atoms with E-state index in [1.807, 2.05) is 42.5 Å². The topological polar surface area (TPSA) is 23.5 Å². The van der Waals surface area contributed by atoms with Gasteiger partial charge in [-0.15, -0.1) is 12.4 Å². The number of aliphatic hydroxyl groups is 1. The average Bonchev–Trinajstić information content (AvgIpc) is 2.62. The molecule has 2 aromatic rings. The summed E-state index contributed by atoms with van der Waals surface area (Å²) in [7, 11) is 0. The third-order valence-corrected chi connectivity index (χ3v) is 5.23. The molecule has 0 saturated carbocycles. The summed E-state index contributed by atoms with van der Waals surface area (Å²) in [5.74, 6) is 0. The van der Waals surface area contributed by atoms with Gasteiger partial charge in [0.25, 0.3) is 0 Å². The van der Waals surface area contributed by atoms with E-state index in [1.54, 1.807) is 0 Å². The van der Waals surface area contributed by atoms with Crippen molar-refractivity contribution in [2.24, 2.45) is 0 Å². The lowest BCUT2D eigenvalue weighted by atomic mass is 9.84. The Morgan fingerprint density at radius 2 is 1.68 bits per heavy atom. The Hall–Kier alpha value is -1.06. The molecule has 0 bridgehead atoms. The van der Waals surface area contributed by atoms with Gasteiger partial charge in [0.2, 0.25) is 0 Å². The van der Waals surface area contributed by atoms with Gasteiger partial charge in [0.05, 0.1) is 5.60 Å². The molecule has 0 aliphatic carbocycles. The second kappa shape index (κ2) is 9.59. The molecule has 3 rings (SSSR count). The van der Waals surface area contributed by atoms with Crippen molar-refractivity contribution in [1.29, 1.82) is 0 Å². The van der Waals surface area contributed by atoms with E-state index in [4.69, 9.17) is 11.6 Å². The Kier molecular flexibility index (Phi) is 7.77. The molecule has 2 nitrogen and oxygen atoms in total. The number of halogens is 2. The highest BCUT2D eigenvalue weighted by Crippen LogP contribution is 2.31. The maximum Gasteiger partial charge on any atom is 0.0949 e. The lowest BCUT2D eigenvalue weighted by molar-refractivity contribution is 0.0155. The van der Waals surface area contributed by atoms with Crippen LogP contribution in [0.1, 0.15) is 36.8 Å². The van der Waals surface area contributed by atoms with E-state index < -0.39 is 5.60 Å². The van der Waals surface area contributed by atoms with Gasteiger partial charge in [-0.3, -0.25) is 0 Å². The molecule has 0 spiro atoms. The predicted molar refractivity (Wildman–Crippen MR) is 108 cm³/mol. The second-order valence-electron chi connectivity index (χ2n) is 6.86. The monoisotopic (exact) mass is 379 g/mol. The van der Waals surface area contributed by atoms with Crippen LogP contribution in [0.2, 0.25) is 5.02 Å². The predicted octanol–water partition coefficient (Wildman–Crippen LogP) is 5.07. The van der Waals surface area contributed by atoms with Crippen molar-refractivity contribution in [2.45, 2.75) is 37.7 Å². The largest absolute Gasteiger partial charge is 0.385 e. The molecule has 1 unspecified atom stereocenters. The third kappa shape index (κ3) is 5.72. The Bertz CT molecular complexity index is 643. The van der Waals surface area contributed by atoms with Crippen LogP contribution in [0.25, 0.3) is 0 Å². The summed E-state index contributed by atoms with van der Waals surface area (Å²) in [4.78, 5) is 2.48. The molecule has 0 radical (unpaired) electrons. The standard InChI is InChI=1S/C21H26ClNO.ClH/c22-20-11-7-10-19(16-20)21(24,17-18-8-3-1-4-9-18)12-15-23-13-5-2-6-14-23;/h1,3-4,7-11,16,24H,2,5-6,12-15,17H2;1H. The van der Waals surface area contributed by atoms with E-state index in [2.05, 4.69) is 17.0 Å². The highest BCUT2D eigenvalue weighted by molar-refractivity contribution is 6.30. The normalized spacial score (nSPS) is 17.5. The molecule has 1 fully saturated rings. The van der Waals surface area contributed by atoms with Crippen molar-refractivity contribution in [2.75, 3.05) is 19.6 Å². The van der Waals surface area contributed by atoms with Crippen LogP contribution >= 0.6 is 24.0 Å². The summed E-state index contributed by atoms with van der Waals surface area (Å²) in [5.41, 5.74) is 1.18. The number of likely N-dealkylation sites (tertiary alicyclic amines) is 1. The van der Waals surface area contributed by atoms with Crippen molar-refractivity contribution < 1.29 is 5.11 Å². The molecule has 4 heteroatoms. The minimum atomic E-state index is -0.885. The van der Waals surface area contributed by atoms with Gasteiger partial charge in [0.15, 0.2) is 0 Å². The smallest absolute Gasteiger partial charge is 0.0949 e. The lowest BCUT2D eigenvalue weighted by Crippen LogP contribution is -2.37. The van der Waals surface area contributed by atoms with Crippen molar-refractivity contribution in [3.05, 3.63) is 70.7 Å². The van der Waals surface area contributed by atoms with Crippen molar-refractivity contribution in [1.82, 2.24) is 4.90 Å². The van der Waals surface area contributed by atoms with Gasteiger partial charge in [-0.25, -0.2) is 0 Å². The fourth-order valence-electron chi connectivity index (χ4n) is 3.57. The molecule has 0 aromatic heterocycles. The Balaban J connectivity index is 0.00000225. The first kappa shape index (κ1) is 20.3. The van der Waals surface area contributed by atoms with E-state index in [9.17, 15) is 5.11 Å². The first-order valence-electron chi connectivity index (χ1n) is 8.90. The molecule has 2 aromatic carbocycles. The maximum atomic E-state index is 11.5. The van der Waals surface area contributed by atoms with Crippen LogP contribution < -0.4 is 0 Å². The van der Waals surface area contributed by atoms with Gasteiger partial charge in [0.1, 0.15) is 0 Å². The first-order chi connectivity index (χ1) is 11.7. The van der Waals surface area contributed by atoms with E-state index in [0.29, 0.717) is 11.4 Å². The van der Waals surface area contributed by atoms with E-state index in [-0.39, 0.29) is 12.4 Å². The molecule has 1 aliphatic heterocycles. The average molecular weight is 380 g/mol. The number of hydrogen-bond donors (Lipinski definition) is 1. The molecule has 1 aliphatic rings. The Morgan fingerprint density at radius 3 is 2.36 bits per heavy atom. The molecule has 136 valence electrons. The van der Waals surface area contributed by atoms with Crippen LogP contribution in [0.5, 0.6) is 0 Å². The zero-order chi connectivity index (χ0) is 16.8. The summed E-state index contributed by atoms with van der Waals surface area (Å²) in [6.07, 6.45) is 5.21. The summed E-state index contributed by atoms with van der Waals surface area (Å²) < 4.78 is 0.